The van der Waals surface area contributed by atoms with Crippen molar-refractivity contribution in [2.45, 2.75) is 11.8 Å². The molecule has 1 aliphatic rings. The van der Waals surface area contributed by atoms with E-state index in [1.165, 1.54) is 0 Å². The molecule has 170 valence electrons. The van der Waals surface area contributed by atoms with Crippen LogP contribution < -0.4 is 10.1 Å². The smallest absolute Gasteiger partial charge is 0.418 e. The Morgan fingerprint density at radius 1 is 1.25 bits per heavy atom. The summed E-state index contributed by atoms with van der Waals surface area (Å²) >= 11 is 0. The van der Waals surface area contributed by atoms with Gasteiger partial charge in [-0.15, -0.1) is 0 Å². The van der Waals surface area contributed by atoms with E-state index in [0.29, 0.717) is 6.20 Å². The lowest BCUT2D eigenvalue weighted by Gasteiger charge is -2.28. The quantitative estimate of drug-likeness (QED) is 0.447. The number of benzene rings is 1. The van der Waals surface area contributed by atoms with Crippen LogP contribution in [0.4, 0.5) is 27.6 Å². The molecule has 1 aliphatic heterocycles. The van der Waals surface area contributed by atoms with Crippen molar-refractivity contribution in [3.8, 4) is 11.5 Å². The van der Waals surface area contributed by atoms with Crippen molar-refractivity contribution in [1.29, 1.82) is 0 Å². The van der Waals surface area contributed by atoms with Crippen molar-refractivity contribution in [1.82, 2.24) is 9.97 Å². The Morgan fingerprint density at radius 2 is 1.97 bits per heavy atom. The maximum atomic E-state index is 14.6. The third kappa shape index (κ3) is 4.16. The first-order valence-corrected chi connectivity index (χ1v) is 9.07. The van der Waals surface area contributed by atoms with E-state index in [1.807, 2.05) is 0 Å². The zero-order valence-electron chi connectivity index (χ0n) is 16.0. The second-order valence-electron chi connectivity index (χ2n) is 7.02. The maximum absolute atomic E-state index is 14.6. The summed E-state index contributed by atoms with van der Waals surface area (Å²) in [6.07, 6.45) is -2.92. The van der Waals surface area contributed by atoms with Crippen LogP contribution in [0.3, 0.4) is 0 Å². The molecule has 13 heteroatoms. The van der Waals surface area contributed by atoms with Crippen LogP contribution in [0.2, 0.25) is 0 Å². The van der Waals surface area contributed by atoms with Gasteiger partial charge in [-0.05, 0) is 6.07 Å². The molecule has 0 saturated heterocycles. The number of alkyl halides is 3. The summed E-state index contributed by atoms with van der Waals surface area (Å²) in [6.45, 7) is -1.08. The normalized spacial score (nSPS) is 18.9. The van der Waals surface area contributed by atoms with Crippen LogP contribution in [0.25, 0.3) is 11.0 Å². The zero-order chi connectivity index (χ0) is 23.1. The molecule has 3 aromatic rings. The van der Waals surface area contributed by atoms with Crippen LogP contribution in [0.5, 0.6) is 11.5 Å². The molecular formula is C19H15F5N4O4. The van der Waals surface area contributed by atoms with Crippen LogP contribution in [0.15, 0.2) is 35.6 Å². The minimum absolute atomic E-state index is 0.127. The first-order chi connectivity index (χ1) is 15.1. The van der Waals surface area contributed by atoms with Gasteiger partial charge in [-0.3, -0.25) is 0 Å². The van der Waals surface area contributed by atoms with E-state index in [2.05, 4.69) is 20.3 Å². The molecular weight excluding hydrogens is 443 g/mol. The van der Waals surface area contributed by atoms with Crippen LogP contribution in [-0.4, -0.2) is 51.6 Å². The highest BCUT2D eigenvalue weighted by Crippen LogP contribution is 2.40. The monoisotopic (exact) mass is 458 g/mol. The van der Waals surface area contributed by atoms with Gasteiger partial charge >= 0.3 is 6.18 Å². The molecule has 0 aliphatic carbocycles. The van der Waals surface area contributed by atoms with E-state index in [4.69, 9.17) is 14.6 Å². The van der Waals surface area contributed by atoms with Gasteiger partial charge in [0, 0.05) is 30.2 Å². The fourth-order valence-corrected chi connectivity index (χ4v) is 2.98. The fraction of sp³-hybridized carbons (Fsp3) is 0.263. The van der Waals surface area contributed by atoms with Gasteiger partial charge in [0.25, 0.3) is 6.02 Å². The van der Waals surface area contributed by atoms with Crippen LogP contribution in [0, 0.1) is 11.6 Å². The van der Waals surface area contributed by atoms with Gasteiger partial charge in [0.05, 0.1) is 24.1 Å². The van der Waals surface area contributed by atoms with Gasteiger partial charge in [-0.2, -0.15) is 13.2 Å². The fourth-order valence-electron chi connectivity index (χ4n) is 2.98. The van der Waals surface area contributed by atoms with Crippen molar-refractivity contribution >= 4 is 22.7 Å². The maximum Gasteiger partial charge on any atom is 0.418 e. The number of hydrogen-bond acceptors (Lipinski definition) is 7. The van der Waals surface area contributed by atoms with Crippen LogP contribution in [0.1, 0.15) is 5.56 Å². The highest BCUT2D eigenvalue weighted by Gasteiger charge is 2.36. The molecule has 2 aromatic heterocycles. The van der Waals surface area contributed by atoms with E-state index in [-0.39, 0.29) is 30.5 Å². The molecule has 0 radical (unpaired) electrons. The third-order valence-electron chi connectivity index (χ3n) is 4.59. The summed E-state index contributed by atoms with van der Waals surface area (Å²) in [5, 5.41) is 20.9. The van der Waals surface area contributed by atoms with Crippen molar-refractivity contribution in [3.63, 3.8) is 0 Å². The molecule has 0 amide bonds. The van der Waals surface area contributed by atoms with Gasteiger partial charge in [-0.25, -0.2) is 18.8 Å². The highest BCUT2D eigenvalue weighted by atomic mass is 19.4. The Kier molecular flexibility index (Phi) is 5.38. The number of pyridine rings is 1. The molecule has 4 N–H and O–H groups in total. The van der Waals surface area contributed by atoms with Crippen LogP contribution in [-0.2, 0) is 10.9 Å². The van der Waals surface area contributed by atoms with E-state index in [0.717, 1.165) is 24.4 Å². The zero-order valence-corrected chi connectivity index (χ0v) is 16.0. The SMILES string of the molecule is OCC1(O)CN=C(Nc2cc(F)c(Oc3ccnc4[nH]cc(C(F)(F)F)c34)c(F)c2)OC1. The number of anilines is 1. The minimum Gasteiger partial charge on any atom is -0.462 e. The average molecular weight is 458 g/mol. The number of nitrogens with one attached hydrogen (secondary N) is 2. The summed E-state index contributed by atoms with van der Waals surface area (Å²) in [7, 11) is 0. The lowest BCUT2D eigenvalue weighted by atomic mass is 10.1. The standard InChI is InChI=1S/C19H15F5N4O4/c20-11-3-9(28-17-27-6-18(30,7-29)8-31-17)4-12(21)15(11)32-13-1-2-25-16-14(13)10(5-26-16)19(22,23)24/h1-5,29-30H,6-8H2,(H,25,26)(H,27,28). The topological polar surface area (TPSA) is 112 Å². The number of fused-ring (bicyclic) bond motifs is 1. The van der Waals surface area contributed by atoms with Crippen molar-refractivity contribution in [3.05, 3.63) is 47.8 Å². The molecule has 1 unspecified atom stereocenters. The summed E-state index contributed by atoms with van der Waals surface area (Å²) in [5.74, 6) is -3.77. The molecule has 3 heterocycles. The van der Waals surface area contributed by atoms with Gasteiger partial charge in [0.15, 0.2) is 17.4 Å². The number of aliphatic imine (C=N–C) groups is 1. The molecule has 1 atom stereocenters. The van der Waals surface area contributed by atoms with Gasteiger partial charge < -0.3 is 30.0 Å². The van der Waals surface area contributed by atoms with E-state index >= 15 is 0 Å². The first-order valence-electron chi connectivity index (χ1n) is 9.07. The molecule has 0 bridgehead atoms. The van der Waals surface area contributed by atoms with Crippen LogP contribution >= 0.6 is 0 Å². The Bertz CT molecular complexity index is 1170. The van der Waals surface area contributed by atoms with Gasteiger partial charge in [0.2, 0.25) is 0 Å². The van der Waals surface area contributed by atoms with E-state index < -0.39 is 52.5 Å². The molecule has 0 saturated carbocycles. The van der Waals surface area contributed by atoms with Gasteiger partial charge in [-0.1, -0.05) is 0 Å². The third-order valence-corrected chi connectivity index (χ3v) is 4.59. The number of nitrogens with zero attached hydrogens (tertiary/aromatic N) is 2. The number of halogens is 5. The largest absolute Gasteiger partial charge is 0.462 e. The summed E-state index contributed by atoms with van der Waals surface area (Å²) in [4.78, 5) is 9.95. The van der Waals surface area contributed by atoms with E-state index in [1.54, 1.807) is 0 Å². The summed E-state index contributed by atoms with van der Waals surface area (Å²) < 4.78 is 79.2. The van der Waals surface area contributed by atoms with E-state index in [9.17, 15) is 27.1 Å². The Labute approximate surface area is 176 Å². The lowest BCUT2D eigenvalue weighted by molar-refractivity contribution is -0.136. The predicted octanol–water partition coefficient (Wildman–Crippen LogP) is 3.17. The number of aliphatic hydroxyl groups excluding tert-OH is 1. The van der Waals surface area contributed by atoms with Crippen molar-refractivity contribution < 1.29 is 41.6 Å². The Hall–Kier alpha value is -3.45. The number of H-pyrrole nitrogens is 1. The Morgan fingerprint density at radius 3 is 2.56 bits per heavy atom. The molecule has 1 aromatic carbocycles. The number of amidine groups is 1. The number of aromatic nitrogens is 2. The van der Waals surface area contributed by atoms with Gasteiger partial charge in [0.1, 0.15) is 23.6 Å². The molecule has 8 nitrogen and oxygen atoms in total. The minimum atomic E-state index is -4.74. The number of hydrogen-bond donors (Lipinski definition) is 4. The first kappa shape index (κ1) is 21.8. The van der Waals surface area contributed by atoms with Crippen molar-refractivity contribution in [2.75, 3.05) is 25.1 Å². The molecule has 0 spiro atoms. The molecule has 32 heavy (non-hydrogen) atoms. The summed E-state index contributed by atoms with van der Waals surface area (Å²) in [5.41, 5.74) is -2.93. The highest BCUT2D eigenvalue weighted by molar-refractivity contribution is 5.90. The second-order valence-corrected chi connectivity index (χ2v) is 7.02. The number of ether oxygens (including phenoxy) is 2. The number of aliphatic hydroxyl groups is 2. The predicted molar refractivity (Wildman–Crippen MR) is 101 cm³/mol. The summed E-state index contributed by atoms with van der Waals surface area (Å²) in [6, 6.07) is 2.58. The molecule has 0 fully saturated rings. The number of rotatable bonds is 4. The molecule has 4 rings (SSSR count). The average Bonchev–Trinajstić information content (AvgIpc) is 3.18. The Balaban J connectivity index is 1.61. The number of aromatic amines is 1. The lowest BCUT2D eigenvalue weighted by Crippen LogP contribution is -2.46. The van der Waals surface area contributed by atoms with Crippen molar-refractivity contribution in [2.24, 2.45) is 4.99 Å². The second kappa shape index (κ2) is 7.91.